The van der Waals surface area contributed by atoms with Crippen LogP contribution in [0.1, 0.15) is 30.2 Å². The van der Waals surface area contributed by atoms with E-state index in [0.29, 0.717) is 11.3 Å². The topological polar surface area (TPSA) is 134 Å². The summed E-state index contributed by atoms with van der Waals surface area (Å²) < 4.78 is 3.05. The summed E-state index contributed by atoms with van der Waals surface area (Å²) >= 11 is 0. The number of nitro benzene ring substituents is 1. The normalized spacial score (nSPS) is 11.1. The van der Waals surface area contributed by atoms with Gasteiger partial charge in [0.05, 0.1) is 23.0 Å². The van der Waals surface area contributed by atoms with Gasteiger partial charge in [0.1, 0.15) is 18.3 Å². The monoisotopic (exact) mass is 392 g/mol. The molecule has 4 rings (SSSR count). The summed E-state index contributed by atoms with van der Waals surface area (Å²) in [5, 5.41) is 23.1. The quantitative estimate of drug-likeness (QED) is 0.408. The number of fused-ring (bicyclic) bond motifs is 1. The molecule has 1 N–H and O–H groups in total. The number of aromatic nitrogens is 6. The Morgan fingerprint density at radius 2 is 2.03 bits per heavy atom. The molecular weight excluding hydrogens is 376 g/mol. The molecule has 3 aromatic heterocycles. The molecule has 3 heterocycles. The van der Waals surface area contributed by atoms with Gasteiger partial charge < -0.3 is 5.32 Å². The Labute approximate surface area is 164 Å². The molecule has 0 aliphatic carbocycles. The molecule has 0 radical (unpaired) electrons. The maximum atomic E-state index is 12.6. The zero-order valence-corrected chi connectivity index (χ0v) is 15.6. The van der Waals surface area contributed by atoms with Gasteiger partial charge in [0.2, 0.25) is 0 Å². The van der Waals surface area contributed by atoms with E-state index in [1.54, 1.807) is 16.9 Å². The van der Waals surface area contributed by atoms with Gasteiger partial charge in [-0.25, -0.2) is 19.3 Å². The van der Waals surface area contributed by atoms with E-state index in [1.807, 2.05) is 13.8 Å². The van der Waals surface area contributed by atoms with Crippen molar-refractivity contribution in [3.63, 3.8) is 0 Å². The van der Waals surface area contributed by atoms with E-state index >= 15 is 0 Å². The maximum absolute atomic E-state index is 12.6. The third-order valence-corrected chi connectivity index (χ3v) is 4.28. The van der Waals surface area contributed by atoms with Crippen molar-refractivity contribution >= 4 is 28.3 Å². The number of hydrogen-bond acceptors (Lipinski definition) is 7. The fourth-order valence-corrected chi connectivity index (χ4v) is 2.93. The summed E-state index contributed by atoms with van der Waals surface area (Å²) in [6, 6.07) is 6.06. The summed E-state index contributed by atoms with van der Waals surface area (Å²) in [6.45, 7) is 4.00. The van der Waals surface area contributed by atoms with Crippen LogP contribution < -0.4 is 5.32 Å². The third-order valence-electron chi connectivity index (χ3n) is 4.28. The van der Waals surface area contributed by atoms with E-state index in [0.717, 1.165) is 5.39 Å². The largest absolute Gasteiger partial charge is 0.321 e. The lowest BCUT2D eigenvalue weighted by Crippen LogP contribution is -2.13. The highest BCUT2D eigenvalue weighted by atomic mass is 16.6. The number of anilines is 1. The molecule has 11 nitrogen and oxygen atoms in total. The van der Waals surface area contributed by atoms with Gasteiger partial charge in [-0.05, 0) is 32.0 Å². The SMILES string of the molecule is CC(C)n1ncc2cc(NC(=O)c3ccc(-n4cncn4)c([N+](=O)[O-])c3)cnc21. The average molecular weight is 392 g/mol. The Hall–Kier alpha value is -4.15. The zero-order chi connectivity index (χ0) is 20.5. The fraction of sp³-hybridized carbons (Fsp3) is 0.167. The van der Waals surface area contributed by atoms with Crippen LogP contribution in [0.2, 0.25) is 0 Å². The van der Waals surface area contributed by atoms with Crippen LogP contribution in [0.5, 0.6) is 0 Å². The second-order valence-corrected chi connectivity index (χ2v) is 6.57. The molecule has 0 saturated carbocycles. The van der Waals surface area contributed by atoms with Crippen molar-refractivity contribution in [3.05, 3.63) is 65.0 Å². The van der Waals surface area contributed by atoms with Crippen molar-refractivity contribution in [2.24, 2.45) is 0 Å². The molecule has 0 bridgehead atoms. The van der Waals surface area contributed by atoms with E-state index in [2.05, 4.69) is 25.5 Å². The number of nitrogens with zero attached hydrogens (tertiary/aromatic N) is 7. The molecule has 0 atom stereocenters. The molecule has 0 aliphatic heterocycles. The molecule has 11 heteroatoms. The molecule has 1 amide bonds. The number of benzene rings is 1. The van der Waals surface area contributed by atoms with Gasteiger partial charge in [-0.1, -0.05) is 0 Å². The number of nitrogens with one attached hydrogen (secondary N) is 1. The third kappa shape index (κ3) is 3.40. The second kappa shape index (κ2) is 7.11. The lowest BCUT2D eigenvalue weighted by Gasteiger charge is -2.08. The second-order valence-electron chi connectivity index (χ2n) is 6.57. The van der Waals surface area contributed by atoms with Gasteiger partial charge in [-0.2, -0.15) is 10.2 Å². The highest BCUT2D eigenvalue weighted by molar-refractivity contribution is 6.05. The van der Waals surface area contributed by atoms with E-state index in [1.165, 1.54) is 41.7 Å². The summed E-state index contributed by atoms with van der Waals surface area (Å²) in [5.41, 5.74) is 1.28. The number of rotatable bonds is 5. The van der Waals surface area contributed by atoms with E-state index in [9.17, 15) is 14.9 Å². The van der Waals surface area contributed by atoms with Crippen LogP contribution in [-0.4, -0.2) is 40.4 Å². The first-order valence-corrected chi connectivity index (χ1v) is 8.72. The van der Waals surface area contributed by atoms with Crippen LogP contribution in [0.3, 0.4) is 0 Å². The molecule has 146 valence electrons. The van der Waals surface area contributed by atoms with Crippen molar-refractivity contribution in [1.82, 2.24) is 29.5 Å². The lowest BCUT2D eigenvalue weighted by molar-refractivity contribution is -0.384. The molecular formula is C18H16N8O3. The first-order chi connectivity index (χ1) is 13.9. The molecule has 4 aromatic rings. The Kier molecular flexibility index (Phi) is 4.47. The Morgan fingerprint density at radius 1 is 1.21 bits per heavy atom. The van der Waals surface area contributed by atoms with E-state index < -0.39 is 10.8 Å². The number of amides is 1. The van der Waals surface area contributed by atoms with Crippen LogP contribution in [0.4, 0.5) is 11.4 Å². The van der Waals surface area contributed by atoms with Gasteiger partial charge in [-0.3, -0.25) is 14.9 Å². The minimum Gasteiger partial charge on any atom is -0.321 e. The lowest BCUT2D eigenvalue weighted by atomic mass is 10.1. The molecule has 0 fully saturated rings. The van der Waals surface area contributed by atoms with Crippen LogP contribution in [0.15, 0.2) is 49.3 Å². The standard InChI is InChI=1S/C18H16N8O3/c1-11(2)25-17-13(7-21-25)5-14(8-20-17)23-18(27)12-3-4-15(16(6-12)26(28)29)24-10-19-9-22-24/h3-11H,1-2H3,(H,23,27). The average Bonchev–Trinajstić information content (AvgIpc) is 3.37. The number of carbonyl (C=O) groups excluding carboxylic acids is 1. The van der Waals surface area contributed by atoms with E-state index in [4.69, 9.17) is 0 Å². The van der Waals surface area contributed by atoms with Gasteiger partial charge >= 0.3 is 0 Å². The first-order valence-electron chi connectivity index (χ1n) is 8.72. The van der Waals surface area contributed by atoms with Gasteiger partial charge in [0.15, 0.2) is 5.65 Å². The summed E-state index contributed by atoms with van der Waals surface area (Å²) in [7, 11) is 0. The van der Waals surface area contributed by atoms with Gasteiger partial charge in [-0.15, -0.1) is 0 Å². The summed E-state index contributed by atoms with van der Waals surface area (Å²) in [4.78, 5) is 31.6. The Balaban J connectivity index is 1.62. The van der Waals surface area contributed by atoms with Crippen LogP contribution in [0, 0.1) is 10.1 Å². The molecule has 1 aromatic carbocycles. The zero-order valence-electron chi connectivity index (χ0n) is 15.6. The summed E-state index contributed by atoms with van der Waals surface area (Å²) in [6.07, 6.45) is 5.82. The van der Waals surface area contributed by atoms with Crippen molar-refractivity contribution in [3.8, 4) is 5.69 Å². The number of carbonyl (C=O) groups is 1. The Morgan fingerprint density at radius 3 is 2.72 bits per heavy atom. The maximum Gasteiger partial charge on any atom is 0.295 e. The van der Waals surface area contributed by atoms with Crippen LogP contribution in [0.25, 0.3) is 16.7 Å². The minimum absolute atomic E-state index is 0.138. The van der Waals surface area contributed by atoms with Crippen molar-refractivity contribution in [1.29, 1.82) is 0 Å². The predicted octanol–water partition coefficient (Wildman–Crippen LogP) is 2.75. The van der Waals surface area contributed by atoms with Gasteiger partial charge in [0, 0.05) is 23.1 Å². The highest BCUT2D eigenvalue weighted by Gasteiger charge is 2.20. The highest BCUT2D eigenvalue weighted by Crippen LogP contribution is 2.25. The number of nitro groups is 1. The molecule has 0 unspecified atom stereocenters. The molecule has 0 saturated heterocycles. The van der Waals surface area contributed by atoms with E-state index in [-0.39, 0.29) is 23.0 Å². The Bertz CT molecular complexity index is 1210. The summed E-state index contributed by atoms with van der Waals surface area (Å²) in [5.74, 6) is -0.490. The first kappa shape index (κ1) is 18.2. The molecule has 0 spiro atoms. The van der Waals surface area contributed by atoms with Crippen LogP contribution >= 0.6 is 0 Å². The van der Waals surface area contributed by atoms with Crippen molar-refractivity contribution < 1.29 is 9.72 Å². The predicted molar refractivity (Wildman–Crippen MR) is 104 cm³/mol. The molecule has 29 heavy (non-hydrogen) atoms. The number of pyridine rings is 1. The van der Waals surface area contributed by atoms with Crippen molar-refractivity contribution in [2.75, 3.05) is 5.32 Å². The van der Waals surface area contributed by atoms with Crippen LogP contribution in [-0.2, 0) is 0 Å². The fourth-order valence-electron chi connectivity index (χ4n) is 2.93. The molecule has 0 aliphatic rings. The minimum atomic E-state index is -0.568. The number of hydrogen-bond donors (Lipinski definition) is 1. The smallest absolute Gasteiger partial charge is 0.295 e. The van der Waals surface area contributed by atoms with Gasteiger partial charge in [0.25, 0.3) is 11.6 Å². The van der Waals surface area contributed by atoms with Crippen molar-refractivity contribution in [2.45, 2.75) is 19.9 Å².